The Hall–Kier alpha value is -0.770. The summed E-state index contributed by atoms with van der Waals surface area (Å²) < 4.78 is 5.38. The Kier molecular flexibility index (Phi) is 3.92. The third-order valence-electron chi connectivity index (χ3n) is 3.29. The number of rotatable bonds is 3. The molecular weight excluding hydrogens is 238 g/mol. The summed E-state index contributed by atoms with van der Waals surface area (Å²) >= 11 is 6.25. The largest absolute Gasteiger partial charge is 0.389 e. The van der Waals surface area contributed by atoms with Crippen molar-refractivity contribution in [1.82, 2.24) is 0 Å². The Balaban J connectivity index is 2.20. The highest BCUT2D eigenvalue weighted by Gasteiger charge is 2.22. The molecule has 0 amide bonds. The van der Waals surface area contributed by atoms with E-state index in [0.717, 1.165) is 30.9 Å². The van der Waals surface area contributed by atoms with E-state index >= 15 is 0 Å². The third kappa shape index (κ3) is 2.73. The van der Waals surface area contributed by atoms with Crippen LogP contribution in [0.25, 0.3) is 0 Å². The number of hydrogen-bond donors (Lipinski definition) is 1. The molecule has 1 aliphatic rings. The number of anilines is 1. The molecule has 4 heteroatoms. The van der Waals surface area contributed by atoms with Gasteiger partial charge in [0.1, 0.15) is 0 Å². The van der Waals surface area contributed by atoms with E-state index in [1.54, 1.807) is 6.92 Å². The van der Waals surface area contributed by atoms with Gasteiger partial charge in [-0.05, 0) is 31.0 Å². The number of halogens is 1. The maximum absolute atomic E-state index is 9.50. The summed E-state index contributed by atoms with van der Waals surface area (Å²) in [4.78, 5) is 2.15. The zero-order valence-corrected chi connectivity index (χ0v) is 10.9. The van der Waals surface area contributed by atoms with Gasteiger partial charge in [0.2, 0.25) is 0 Å². The standard InChI is InChI=1S/C13H18ClNO2/c1-9(16)10-3-4-13(12(14)7-10)15(2)11-5-6-17-8-11/h3-4,7,9,11,16H,5-6,8H2,1-2H3/t9-,11?/m0/s1. The quantitative estimate of drug-likeness (QED) is 0.901. The molecule has 1 aliphatic heterocycles. The molecule has 3 nitrogen and oxygen atoms in total. The van der Waals surface area contributed by atoms with Gasteiger partial charge in [-0.25, -0.2) is 0 Å². The Morgan fingerprint density at radius 2 is 2.29 bits per heavy atom. The lowest BCUT2D eigenvalue weighted by Gasteiger charge is -2.26. The second kappa shape index (κ2) is 5.25. The summed E-state index contributed by atoms with van der Waals surface area (Å²) in [6.07, 6.45) is 0.548. The van der Waals surface area contributed by atoms with Crippen molar-refractivity contribution in [2.24, 2.45) is 0 Å². The first-order valence-corrected chi connectivity index (χ1v) is 6.25. The van der Waals surface area contributed by atoms with Gasteiger partial charge in [-0.15, -0.1) is 0 Å². The number of aliphatic hydroxyl groups is 1. The van der Waals surface area contributed by atoms with Gasteiger partial charge in [0.05, 0.1) is 29.5 Å². The van der Waals surface area contributed by atoms with Crippen molar-refractivity contribution >= 4 is 17.3 Å². The molecule has 1 heterocycles. The van der Waals surface area contributed by atoms with E-state index in [-0.39, 0.29) is 0 Å². The zero-order valence-electron chi connectivity index (χ0n) is 10.2. The van der Waals surface area contributed by atoms with Crippen LogP contribution in [0.15, 0.2) is 18.2 Å². The lowest BCUT2D eigenvalue weighted by molar-refractivity contribution is 0.193. The first kappa shape index (κ1) is 12.7. The molecule has 1 aromatic carbocycles. The Bertz CT molecular complexity index is 389. The van der Waals surface area contributed by atoms with Crippen LogP contribution in [-0.4, -0.2) is 31.4 Å². The summed E-state index contributed by atoms with van der Waals surface area (Å²) in [5.74, 6) is 0. The molecule has 2 atom stereocenters. The second-order valence-electron chi connectivity index (χ2n) is 4.52. The van der Waals surface area contributed by atoms with E-state index in [9.17, 15) is 5.11 Å². The van der Waals surface area contributed by atoms with Crippen molar-refractivity contribution in [3.05, 3.63) is 28.8 Å². The molecule has 0 aliphatic carbocycles. The maximum Gasteiger partial charge on any atom is 0.0762 e. The topological polar surface area (TPSA) is 32.7 Å². The Labute approximate surface area is 107 Å². The first-order chi connectivity index (χ1) is 8.09. The lowest BCUT2D eigenvalue weighted by Crippen LogP contribution is -2.31. The lowest BCUT2D eigenvalue weighted by atomic mass is 10.1. The van der Waals surface area contributed by atoms with Crippen LogP contribution in [0.1, 0.15) is 25.0 Å². The molecule has 1 saturated heterocycles. The summed E-state index contributed by atoms with van der Waals surface area (Å²) in [5, 5.41) is 10.2. The van der Waals surface area contributed by atoms with Crippen LogP contribution in [0, 0.1) is 0 Å². The number of ether oxygens (including phenoxy) is 1. The molecule has 1 fully saturated rings. The van der Waals surface area contributed by atoms with Crippen molar-refractivity contribution < 1.29 is 9.84 Å². The van der Waals surface area contributed by atoms with Crippen LogP contribution in [0.4, 0.5) is 5.69 Å². The summed E-state index contributed by atoms with van der Waals surface area (Å²) in [6.45, 7) is 3.31. The molecule has 1 unspecified atom stereocenters. The molecule has 2 rings (SSSR count). The van der Waals surface area contributed by atoms with Crippen LogP contribution in [0.2, 0.25) is 5.02 Å². The van der Waals surface area contributed by atoms with Gasteiger partial charge in [-0.3, -0.25) is 0 Å². The van der Waals surface area contributed by atoms with Gasteiger partial charge in [0, 0.05) is 13.7 Å². The van der Waals surface area contributed by atoms with Gasteiger partial charge in [-0.1, -0.05) is 17.7 Å². The second-order valence-corrected chi connectivity index (χ2v) is 4.92. The summed E-state index contributed by atoms with van der Waals surface area (Å²) in [5.41, 5.74) is 1.83. The zero-order chi connectivity index (χ0) is 12.4. The minimum Gasteiger partial charge on any atom is -0.389 e. The minimum atomic E-state index is -0.485. The van der Waals surface area contributed by atoms with Crippen molar-refractivity contribution in [2.75, 3.05) is 25.2 Å². The summed E-state index contributed by atoms with van der Waals surface area (Å²) in [7, 11) is 2.03. The van der Waals surface area contributed by atoms with Crippen LogP contribution in [-0.2, 0) is 4.74 Å². The van der Waals surface area contributed by atoms with Crippen LogP contribution < -0.4 is 4.90 Å². The fourth-order valence-corrected chi connectivity index (χ4v) is 2.42. The van der Waals surface area contributed by atoms with Crippen molar-refractivity contribution in [1.29, 1.82) is 0 Å². The van der Waals surface area contributed by atoms with Gasteiger partial charge in [0.15, 0.2) is 0 Å². The van der Waals surface area contributed by atoms with Crippen molar-refractivity contribution in [3.63, 3.8) is 0 Å². The van der Waals surface area contributed by atoms with Crippen molar-refractivity contribution in [3.8, 4) is 0 Å². The highest BCUT2D eigenvalue weighted by Crippen LogP contribution is 2.30. The van der Waals surface area contributed by atoms with Gasteiger partial charge in [0.25, 0.3) is 0 Å². The minimum absolute atomic E-state index is 0.393. The fraction of sp³-hybridized carbons (Fsp3) is 0.538. The number of benzene rings is 1. The number of hydrogen-bond acceptors (Lipinski definition) is 3. The smallest absolute Gasteiger partial charge is 0.0762 e. The first-order valence-electron chi connectivity index (χ1n) is 5.87. The summed E-state index contributed by atoms with van der Waals surface area (Å²) in [6, 6.07) is 6.10. The normalized spacial score (nSPS) is 21.5. The highest BCUT2D eigenvalue weighted by molar-refractivity contribution is 6.33. The average molecular weight is 256 g/mol. The number of nitrogens with zero attached hydrogens (tertiary/aromatic N) is 1. The van der Waals surface area contributed by atoms with E-state index in [4.69, 9.17) is 16.3 Å². The highest BCUT2D eigenvalue weighted by atomic mass is 35.5. The molecule has 94 valence electrons. The third-order valence-corrected chi connectivity index (χ3v) is 3.59. The van der Waals surface area contributed by atoms with Gasteiger partial charge in [-0.2, -0.15) is 0 Å². The molecule has 17 heavy (non-hydrogen) atoms. The van der Waals surface area contributed by atoms with Crippen LogP contribution in [0.3, 0.4) is 0 Å². The van der Waals surface area contributed by atoms with Crippen LogP contribution in [0.5, 0.6) is 0 Å². The van der Waals surface area contributed by atoms with Crippen LogP contribution >= 0.6 is 11.6 Å². The van der Waals surface area contributed by atoms with E-state index in [1.807, 2.05) is 25.2 Å². The molecule has 1 aromatic rings. The van der Waals surface area contributed by atoms with E-state index < -0.39 is 6.10 Å². The predicted octanol–water partition coefficient (Wildman–Crippen LogP) is 2.62. The Morgan fingerprint density at radius 1 is 1.53 bits per heavy atom. The molecule has 0 saturated carbocycles. The van der Waals surface area contributed by atoms with E-state index in [1.165, 1.54) is 0 Å². The van der Waals surface area contributed by atoms with Crippen molar-refractivity contribution in [2.45, 2.75) is 25.5 Å². The van der Waals surface area contributed by atoms with E-state index in [2.05, 4.69) is 4.90 Å². The SMILES string of the molecule is C[C@H](O)c1ccc(N(C)C2CCOC2)c(Cl)c1. The number of aliphatic hydroxyl groups excluding tert-OH is 1. The van der Waals surface area contributed by atoms with Gasteiger partial charge >= 0.3 is 0 Å². The monoisotopic (exact) mass is 255 g/mol. The maximum atomic E-state index is 9.50. The molecule has 0 bridgehead atoms. The predicted molar refractivity (Wildman–Crippen MR) is 69.7 cm³/mol. The Morgan fingerprint density at radius 3 is 2.82 bits per heavy atom. The molecule has 0 radical (unpaired) electrons. The van der Waals surface area contributed by atoms with Gasteiger partial charge < -0.3 is 14.7 Å². The molecule has 0 aromatic heterocycles. The molecular formula is C13H18ClNO2. The average Bonchev–Trinajstić information content (AvgIpc) is 2.81. The molecule has 0 spiro atoms. The number of likely N-dealkylation sites (N-methyl/N-ethyl adjacent to an activating group) is 1. The fourth-order valence-electron chi connectivity index (χ4n) is 2.09. The van der Waals surface area contributed by atoms with E-state index in [0.29, 0.717) is 11.1 Å². The molecule has 1 N–H and O–H groups in total.